The summed E-state index contributed by atoms with van der Waals surface area (Å²) in [5.74, 6) is -0.298. The molecule has 0 aliphatic heterocycles. The first kappa shape index (κ1) is 11.5. The Balaban J connectivity index is 2.28. The van der Waals surface area contributed by atoms with Crippen molar-refractivity contribution in [2.75, 3.05) is 0 Å². The molecule has 0 fully saturated rings. The smallest absolute Gasteiger partial charge is 0.322 e. The van der Waals surface area contributed by atoms with Crippen LogP contribution in [0.2, 0.25) is 0 Å². The summed E-state index contributed by atoms with van der Waals surface area (Å²) in [6.07, 6.45) is 1.53. The van der Waals surface area contributed by atoms with Crippen molar-refractivity contribution in [2.24, 2.45) is 5.73 Å². The molecule has 1 heterocycles. The predicted molar refractivity (Wildman–Crippen MR) is 61.1 cm³/mol. The molecule has 0 saturated carbocycles. The van der Waals surface area contributed by atoms with Gasteiger partial charge in [-0.05, 0) is 24.6 Å². The van der Waals surface area contributed by atoms with E-state index in [0.29, 0.717) is 11.3 Å². The number of nitrogens with two attached hydrogens (primary N) is 1. The molecule has 0 bridgehead atoms. The van der Waals surface area contributed by atoms with Crippen molar-refractivity contribution in [3.63, 3.8) is 0 Å². The van der Waals surface area contributed by atoms with Crippen molar-refractivity contribution >= 4 is 0 Å². The molecule has 0 saturated heterocycles. The lowest BCUT2D eigenvalue weighted by atomic mass is 10.2. The third-order valence-corrected chi connectivity index (χ3v) is 2.26. The Hall–Kier alpha value is -2.01. The molecule has 2 N–H and O–H groups in total. The molecule has 1 aromatic carbocycles. The molecule has 1 aromatic heterocycles. The standard InChI is InChI=1S/C12H12FN3O/c1-8-3-2-4-10(11(8)13)17-12-15-6-5-9(7-14)16-12/h2-6H,7,14H2,1H3. The maximum Gasteiger partial charge on any atom is 0.322 e. The van der Waals surface area contributed by atoms with Gasteiger partial charge in [-0.1, -0.05) is 12.1 Å². The van der Waals surface area contributed by atoms with Gasteiger partial charge in [0.15, 0.2) is 11.6 Å². The van der Waals surface area contributed by atoms with Gasteiger partial charge in [-0.3, -0.25) is 0 Å². The van der Waals surface area contributed by atoms with Crippen LogP contribution < -0.4 is 10.5 Å². The SMILES string of the molecule is Cc1cccc(Oc2nccc(CN)n2)c1F. The van der Waals surface area contributed by atoms with E-state index in [1.165, 1.54) is 12.3 Å². The van der Waals surface area contributed by atoms with Crippen molar-refractivity contribution < 1.29 is 9.13 Å². The van der Waals surface area contributed by atoms with Gasteiger partial charge in [-0.2, -0.15) is 4.98 Å². The van der Waals surface area contributed by atoms with Crippen LogP contribution in [0.4, 0.5) is 4.39 Å². The van der Waals surface area contributed by atoms with Crippen LogP contribution in [0.25, 0.3) is 0 Å². The van der Waals surface area contributed by atoms with E-state index in [0.717, 1.165) is 0 Å². The lowest BCUT2D eigenvalue weighted by Crippen LogP contribution is -2.02. The van der Waals surface area contributed by atoms with Crippen LogP contribution in [0.3, 0.4) is 0 Å². The maximum absolute atomic E-state index is 13.7. The highest BCUT2D eigenvalue weighted by Crippen LogP contribution is 2.23. The molecule has 0 atom stereocenters. The summed E-state index contributed by atoms with van der Waals surface area (Å²) in [4.78, 5) is 7.93. The van der Waals surface area contributed by atoms with E-state index in [1.54, 1.807) is 25.1 Å². The lowest BCUT2D eigenvalue weighted by Gasteiger charge is -2.06. The number of aromatic nitrogens is 2. The molecular weight excluding hydrogens is 221 g/mol. The molecule has 0 aliphatic carbocycles. The van der Waals surface area contributed by atoms with Crippen LogP contribution in [0, 0.1) is 12.7 Å². The first-order valence-electron chi connectivity index (χ1n) is 5.15. The number of hydrogen-bond donors (Lipinski definition) is 1. The maximum atomic E-state index is 13.7. The molecule has 0 spiro atoms. The van der Waals surface area contributed by atoms with Gasteiger partial charge in [0.05, 0.1) is 5.69 Å². The topological polar surface area (TPSA) is 61.0 Å². The van der Waals surface area contributed by atoms with E-state index in [2.05, 4.69) is 9.97 Å². The Morgan fingerprint density at radius 1 is 1.35 bits per heavy atom. The lowest BCUT2D eigenvalue weighted by molar-refractivity contribution is 0.407. The fourth-order valence-corrected chi connectivity index (χ4v) is 1.34. The second-order valence-electron chi connectivity index (χ2n) is 3.52. The van der Waals surface area contributed by atoms with Crippen molar-refractivity contribution in [1.82, 2.24) is 9.97 Å². The van der Waals surface area contributed by atoms with Gasteiger partial charge in [0.2, 0.25) is 0 Å². The fourth-order valence-electron chi connectivity index (χ4n) is 1.34. The minimum Gasteiger partial charge on any atom is -0.421 e. The Bertz CT molecular complexity index is 531. The fraction of sp³-hybridized carbons (Fsp3) is 0.167. The summed E-state index contributed by atoms with van der Waals surface area (Å²) in [5.41, 5.74) is 6.60. The number of benzene rings is 1. The number of aryl methyl sites for hydroxylation is 1. The van der Waals surface area contributed by atoms with Crippen LogP contribution in [-0.2, 0) is 6.54 Å². The number of nitrogens with zero attached hydrogens (tertiary/aromatic N) is 2. The third kappa shape index (κ3) is 2.57. The van der Waals surface area contributed by atoms with Crippen LogP contribution >= 0.6 is 0 Å². The first-order chi connectivity index (χ1) is 8.20. The molecule has 5 heteroatoms. The zero-order valence-electron chi connectivity index (χ0n) is 9.35. The summed E-state index contributed by atoms with van der Waals surface area (Å²) in [7, 11) is 0. The highest BCUT2D eigenvalue weighted by molar-refractivity contribution is 5.32. The van der Waals surface area contributed by atoms with E-state index < -0.39 is 5.82 Å². The highest BCUT2D eigenvalue weighted by Gasteiger charge is 2.08. The number of rotatable bonds is 3. The number of ether oxygens (including phenoxy) is 1. The number of halogens is 1. The Morgan fingerprint density at radius 2 is 2.18 bits per heavy atom. The molecule has 0 radical (unpaired) electrons. The molecule has 0 amide bonds. The monoisotopic (exact) mass is 233 g/mol. The predicted octanol–water partition coefficient (Wildman–Crippen LogP) is 2.18. The highest BCUT2D eigenvalue weighted by atomic mass is 19.1. The van der Waals surface area contributed by atoms with Gasteiger partial charge < -0.3 is 10.5 Å². The van der Waals surface area contributed by atoms with E-state index in [9.17, 15) is 4.39 Å². The second-order valence-corrected chi connectivity index (χ2v) is 3.52. The van der Waals surface area contributed by atoms with Crippen molar-refractivity contribution in [2.45, 2.75) is 13.5 Å². The molecular formula is C12H12FN3O. The molecule has 4 nitrogen and oxygen atoms in total. The summed E-state index contributed by atoms with van der Waals surface area (Å²) in [5, 5.41) is 0. The van der Waals surface area contributed by atoms with E-state index >= 15 is 0 Å². The Labute approximate surface area is 98.3 Å². The quantitative estimate of drug-likeness (QED) is 0.882. The average Bonchev–Trinajstić information content (AvgIpc) is 2.35. The van der Waals surface area contributed by atoms with Crippen molar-refractivity contribution in [3.05, 3.63) is 47.5 Å². The van der Waals surface area contributed by atoms with Crippen LogP contribution in [0.5, 0.6) is 11.8 Å². The van der Waals surface area contributed by atoms with Crippen LogP contribution in [0.1, 0.15) is 11.3 Å². The second kappa shape index (κ2) is 4.88. The first-order valence-corrected chi connectivity index (χ1v) is 5.15. The largest absolute Gasteiger partial charge is 0.421 e. The van der Waals surface area contributed by atoms with Gasteiger partial charge in [0, 0.05) is 12.7 Å². The zero-order chi connectivity index (χ0) is 12.3. The molecule has 2 aromatic rings. The van der Waals surface area contributed by atoms with Crippen molar-refractivity contribution in [1.29, 1.82) is 0 Å². The van der Waals surface area contributed by atoms with E-state index in [4.69, 9.17) is 10.5 Å². The molecule has 88 valence electrons. The minimum absolute atomic E-state index is 0.0949. The summed E-state index contributed by atoms with van der Waals surface area (Å²) >= 11 is 0. The third-order valence-electron chi connectivity index (χ3n) is 2.26. The van der Waals surface area contributed by atoms with Gasteiger partial charge in [0.25, 0.3) is 0 Å². The minimum atomic E-state index is -0.408. The number of hydrogen-bond acceptors (Lipinski definition) is 4. The zero-order valence-corrected chi connectivity index (χ0v) is 9.35. The Kier molecular flexibility index (Phi) is 3.30. The molecule has 17 heavy (non-hydrogen) atoms. The molecule has 2 rings (SSSR count). The molecule has 0 unspecified atom stereocenters. The van der Waals surface area contributed by atoms with E-state index in [1.807, 2.05) is 0 Å². The van der Waals surface area contributed by atoms with E-state index in [-0.39, 0.29) is 18.3 Å². The summed E-state index contributed by atoms with van der Waals surface area (Å²) in [6, 6.07) is 6.68. The van der Waals surface area contributed by atoms with Crippen molar-refractivity contribution in [3.8, 4) is 11.8 Å². The summed E-state index contributed by atoms with van der Waals surface area (Å²) in [6.45, 7) is 1.95. The van der Waals surface area contributed by atoms with Crippen LogP contribution in [-0.4, -0.2) is 9.97 Å². The van der Waals surface area contributed by atoms with Gasteiger partial charge in [0.1, 0.15) is 0 Å². The van der Waals surface area contributed by atoms with Gasteiger partial charge in [-0.25, -0.2) is 9.37 Å². The van der Waals surface area contributed by atoms with Gasteiger partial charge >= 0.3 is 6.01 Å². The Morgan fingerprint density at radius 3 is 2.94 bits per heavy atom. The normalized spacial score (nSPS) is 10.3. The molecule has 0 aliphatic rings. The van der Waals surface area contributed by atoms with Crippen LogP contribution in [0.15, 0.2) is 30.5 Å². The van der Waals surface area contributed by atoms with Gasteiger partial charge in [-0.15, -0.1) is 0 Å². The summed E-state index contributed by atoms with van der Waals surface area (Å²) < 4.78 is 18.9. The average molecular weight is 233 g/mol.